The van der Waals surface area contributed by atoms with Crippen LogP contribution in [0, 0.1) is 0 Å². The summed E-state index contributed by atoms with van der Waals surface area (Å²) in [6.07, 6.45) is 1.54. The van der Waals surface area contributed by atoms with Crippen LogP contribution < -0.4 is 24.4 Å². The second-order valence-corrected chi connectivity index (χ2v) is 6.68. The zero-order valence-corrected chi connectivity index (χ0v) is 18.3. The molecule has 0 spiro atoms. The standard InChI is InChI=1S/C25H26N2O5/c1-4-31-24-14-19(10-13-22(24)32-17-18-8-6-5-7-9-18)16-26-27-25(28)21-12-11-20(29-2)15-23(21)30-3/h5-16H,4,17H2,1-3H3,(H,27,28). The predicted molar refractivity (Wildman–Crippen MR) is 123 cm³/mol. The summed E-state index contributed by atoms with van der Waals surface area (Å²) in [5.41, 5.74) is 4.68. The third-order valence-corrected chi connectivity index (χ3v) is 4.54. The molecular formula is C25H26N2O5. The molecule has 1 amide bonds. The Bertz CT molecular complexity index is 1070. The molecule has 0 fully saturated rings. The lowest BCUT2D eigenvalue weighted by Crippen LogP contribution is -2.18. The van der Waals surface area contributed by atoms with Crippen molar-refractivity contribution in [2.45, 2.75) is 13.5 Å². The van der Waals surface area contributed by atoms with Gasteiger partial charge in [0.1, 0.15) is 18.1 Å². The van der Waals surface area contributed by atoms with E-state index in [1.165, 1.54) is 13.3 Å². The minimum atomic E-state index is -0.395. The molecule has 3 rings (SSSR count). The van der Waals surface area contributed by atoms with Gasteiger partial charge in [0.2, 0.25) is 0 Å². The Balaban J connectivity index is 1.67. The van der Waals surface area contributed by atoms with E-state index in [9.17, 15) is 4.79 Å². The van der Waals surface area contributed by atoms with Crippen molar-refractivity contribution in [3.63, 3.8) is 0 Å². The molecule has 0 aliphatic rings. The van der Waals surface area contributed by atoms with Gasteiger partial charge in [-0.1, -0.05) is 30.3 Å². The summed E-state index contributed by atoms with van der Waals surface area (Å²) < 4.78 is 22.0. The highest BCUT2D eigenvalue weighted by Gasteiger charge is 2.13. The van der Waals surface area contributed by atoms with Gasteiger partial charge in [0.25, 0.3) is 5.91 Å². The number of benzene rings is 3. The molecule has 0 radical (unpaired) electrons. The van der Waals surface area contributed by atoms with Crippen LogP contribution in [0.1, 0.15) is 28.4 Å². The zero-order valence-electron chi connectivity index (χ0n) is 18.3. The van der Waals surface area contributed by atoms with Crippen LogP contribution in [0.2, 0.25) is 0 Å². The number of hydrogen-bond acceptors (Lipinski definition) is 6. The lowest BCUT2D eigenvalue weighted by Gasteiger charge is -2.12. The van der Waals surface area contributed by atoms with E-state index in [1.807, 2.05) is 55.5 Å². The van der Waals surface area contributed by atoms with Gasteiger partial charge in [-0.05, 0) is 48.4 Å². The SMILES string of the molecule is CCOc1cc(C=NNC(=O)c2ccc(OC)cc2OC)ccc1OCc1ccccc1. The van der Waals surface area contributed by atoms with E-state index in [0.717, 1.165) is 11.1 Å². The average molecular weight is 434 g/mol. The van der Waals surface area contributed by atoms with Crippen LogP contribution in [0.25, 0.3) is 0 Å². The highest BCUT2D eigenvalue weighted by molar-refractivity contribution is 5.97. The normalized spacial score (nSPS) is 10.6. The number of rotatable bonds is 10. The van der Waals surface area contributed by atoms with E-state index in [1.54, 1.807) is 25.3 Å². The fourth-order valence-electron chi connectivity index (χ4n) is 2.94. The second kappa shape index (κ2) is 11.4. The summed E-state index contributed by atoms with van der Waals surface area (Å²) in [7, 11) is 3.04. The molecule has 32 heavy (non-hydrogen) atoms. The molecule has 3 aromatic rings. The van der Waals surface area contributed by atoms with Gasteiger partial charge in [-0.15, -0.1) is 0 Å². The third kappa shape index (κ3) is 6.01. The zero-order chi connectivity index (χ0) is 22.8. The summed E-state index contributed by atoms with van der Waals surface area (Å²) in [6, 6.07) is 20.3. The first-order valence-electron chi connectivity index (χ1n) is 10.1. The van der Waals surface area contributed by atoms with Crippen molar-refractivity contribution in [1.82, 2.24) is 5.43 Å². The molecule has 166 valence electrons. The van der Waals surface area contributed by atoms with Crippen molar-refractivity contribution in [3.05, 3.63) is 83.4 Å². The van der Waals surface area contributed by atoms with Gasteiger partial charge in [0.15, 0.2) is 11.5 Å². The highest BCUT2D eigenvalue weighted by Crippen LogP contribution is 2.29. The smallest absolute Gasteiger partial charge is 0.275 e. The minimum absolute atomic E-state index is 0.352. The van der Waals surface area contributed by atoms with E-state index in [0.29, 0.717) is 41.8 Å². The van der Waals surface area contributed by atoms with E-state index in [-0.39, 0.29) is 0 Å². The van der Waals surface area contributed by atoms with Crippen molar-refractivity contribution in [2.24, 2.45) is 5.10 Å². The molecule has 0 saturated heterocycles. The topological polar surface area (TPSA) is 78.4 Å². The number of hydrogen-bond donors (Lipinski definition) is 1. The van der Waals surface area contributed by atoms with Gasteiger partial charge in [-0.25, -0.2) is 5.43 Å². The number of carbonyl (C=O) groups excluding carboxylic acids is 1. The number of methoxy groups -OCH3 is 2. The quantitative estimate of drug-likeness (QED) is 0.377. The van der Waals surface area contributed by atoms with Crippen LogP contribution in [0.3, 0.4) is 0 Å². The van der Waals surface area contributed by atoms with Crippen LogP contribution in [0.15, 0.2) is 71.8 Å². The lowest BCUT2D eigenvalue weighted by molar-refractivity contribution is 0.0952. The molecule has 0 aromatic heterocycles. The van der Waals surface area contributed by atoms with E-state index >= 15 is 0 Å². The van der Waals surface area contributed by atoms with Gasteiger partial charge in [0.05, 0.1) is 32.6 Å². The maximum Gasteiger partial charge on any atom is 0.275 e. The van der Waals surface area contributed by atoms with Crippen molar-refractivity contribution in [2.75, 3.05) is 20.8 Å². The maximum absolute atomic E-state index is 12.5. The van der Waals surface area contributed by atoms with Crippen LogP contribution in [-0.4, -0.2) is 32.9 Å². The molecule has 7 nitrogen and oxygen atoms in total. The molecule has 0 atom stereocenters. The number of amides is 1. The average Bonchev–Trinajstić information content (AvgIpc) is 2.83. The highest BCUT2D eigenvalue weighted by atomic mass is 16.5. The van der Waals surface area contributed by atoms with Gasteiger partial charge >= 0.3 is 0 Å². The van der Waals surface area contributed by atoms with Crippen molar-refractivity contribution in [1.29, 1.82) is 0 Å². The van der Waals surface area contributed by atoms with Gasteiger partial charge < -0.3 is 18.9 Å². The van der Waals surface area contributed by atoms with Crippen molar-refractivity contribution in [3.8, 4) is 23.0 Å². The maximum atomic E-state index is 12.5. The largest absolute Gasteiger partial charge is 0.497 e. The Hall–Kier alpha value is -4.00. The first-order chi connectivity index (χ1) is 15.6. The lowest BCUT2D eigenvalue weighted by atomic mass is 10.2. The van der Waals surface area contributed by atoms with E-state index < -0.39 is 5.91 Å². The molecule has 3 aromatic carbocycles. The molecule has 0 aliphatic carbocycles. The van der Waals surface area contributed by atoms with Crippen LogP contribution >= 0.6 is 0 Å². The summed E-state index contributed by atoms with van der Waals surface area (Å²) in [5, 5.41) is 4.05. The van der Waals surface area contributed by atoms with Crippen LogP contribution in [-0.2, 0) is 6.61 Å². The van der Waals surface area contributed by atoms with Crippen molar-refractivity contribution < 1.29 is 23.7 Å². The fraction of sp³-hybridized carbons (Fsp3) is 0.200. The summed E-state index contributed by atoms with van der Waals surface area (Å²) in [5.74, 6) is 1.85. The minimum Gasteiger partial charge on any atom is -0.497 e. The van der Waals surface area contributed by atoms with Gasteiger partial charge in [-0.2, -0.15) is 5.10 Å². The molecule has 0 aliphatic heterocycles. The monoisotopic (exact) mass is 434 g/mol. The first-order valence-corrected chi connectivity index (χ1v) is 10.1. The van der Waals surface area contributed by atoms with Crippen LogP contribution in [0.4, 0.5) is 0 Å². The van der Waals surface area contributed by atoms with E-state index in [2.05, 4.69) is 10.5 Å². The van der Waals surface area contributed by atoms with Crippen molar-refractivity contribution >= 4 is 12.1 Å². The molecule has 0 heterocycles. The third-order valence-electron chi connectivity index (χ3n) is 4.54. The molecule has 0 saturated carbocycles. The number of carbonyl (C=O) groups is 1. The molecule has 7 heteroatoms. The van der Waals surface area contributed by atoms with Gasteiger partial charge in [-0.3, -0.25) is 4.79 Å². The Kier molecular flexibility index (Phi) is 8.09. The summed E-state index contributed by atoms with van der Waals surface area (Å²) >= 11 is 0. The number of hydrazone groups is 1. The first kappa shape index (κ1) is 22.7. The number of ether oxygens (including phenoxy) is 4. The van der Waals surface area contributed by atoms with Gasteiger partial charge in [0, 0.05) is 6.07 Å². The van der Waals surface area contributed by atoms with Crippen LogP contribution in [0.5, 0.6) is 23.0 Å². The Labute approximate surface area is 187 Å². The molecule has 1 N–H and O–H groups in total. The number of nitrogens with one attached hydrogen (secondary N) is 1. The predicted octanol–water partition coefficient (Wildman–Crippen LogP) is 4.45. The summed E-state index contributed by atoms with van der Waals surface area (Å²) in [4.78, 5) is 12.5. The Morgan fingerprint density at radius 3 is 2.44 bits per heavy atom. The summed E-state index contributed by atoms with van der Waals surface area (Å²) in [6.45, 7) is 2.84. The molecule has 0 unspecified atom stereocenters. The van der Waals surface area contributed by atoms with E-state index in [4.69, 9.17) is 18.9 Å². The second-order valence-electron chi connectivity index (χ2n) is 6.68. The fourth-order valence-corrected chi connectivity index (χ4v) is 2.94. The number of nitrogens with zero attached hydrogens (tertiary/aromatic N) is 1. The molecular weight excluding hydrogens is 408 g/mol. The Morgan fingerprint density at radius 2 is 1.72 bits per heavy atom. The molecule has 0 bridgehead atoms. The Morgan fingerprint density at radius 1 is 0.906 bits per heavy atom.